The number of para-hydroxylation sites is 1. The van der Waals surface area contributed by atoms with Crippen LogP contribution in [-0.2, 0) is 0 Å². The zero-order chi connectivity index (χ0) is 19.8. The molecule has 0 amide bonds. The molecule has 0 atom stereocenters. The Kier molecular flexibility index (Phi) is 22.1. The molecule has 1 aromatic rings. The van der Waals surface area contributed by atoms with Crippen LogP contribution in [0.2, 0.25) is 0 Å². The molecule has 0 spiro atoms. The van der Waals surface area contributed by atoms with Crippen molar-refractivity contribution in [2.75, 3.05) is 19.8 Å². The van der Waals surface area contributed by atoms with Gasteiger partial charge < -0.3 is 14.9 Å². The number of unbranched alkanes of at least 4 members (excludes halogenated alkanes) is 13. The highest BCUT2D eigenvalue weighted by Crippen LogP contribution is 2.13. The molecule has 1 aromatic carbocycles. The van der Waals surface area contributed by atoms with Gasteiger partial charge in [-0.05, 0) is 18.6 Å². The summed E-state index contributed by atoms with van der Waals surface area (Å²) in [6.45, 7) is 2.90. The maximum atomic E-state index is 7.62. The molecule has 0 aliphatic rings. The van der Waals surface area contributed by atoms with E-state index in [1.54, 1.807) is 0 Å². The van der Waals surface area contributed by atoms with Gasteiger partial charge in [0.05, 0.1) is 19.8 Å². The van der Waals surface area contributed by atoms with Crippen LogP contribution in [0.5, 0.6) is 5.75 Å². The van der Waals surface area contributed by atoms with E-state index in [9.17, 15) is 0 Å². The second-order valence-corrected chi connectivity index (χ2v) is 7.20. The minimum absolute atomic E-state index is 0.125. The molecule has 27 heavy (non-hydrogen) atoms. The first-order chi connectivity index (χ1) is 13.3. The standard InChI is InChI=1S/C22H38O.C2H6O2/c1-2-3-4-5-6-7-8-9-10-11-12-13-14-18-21-23-22-19-16-15-17-20-22;3-1-2-4/h15-17,19-20H,2-14,18,21H2,1H3;3-4H,1-2H2. The van der Waals surface area contributed by atoms with E-state index in [4.69, 9.17) is 14.9 Å². The van der Waals surface area contributed by atoms with Crippen LogP contribution in [0.1, 0.15) is 96.8 Å². The summed E-state index contributed by atoms with van der Waals surface area (Å²) in [5.41, 5.74) is 0. The average molecular weight is 381 g/mol. The molecule has 0 aliphatic carbocycles. The van der Waals surface area contributed by atoms with Gasteiger partial charge in [0.1, 0.15) is 5.75 Å². The molecule has 0 aromatic heterocycles. The fraction of sp³-hybridized carbons (Fsp3) is 0.750. The van der Waals surface area contributed by atoms with Gasteiger partial charge in [0.15, 0.2) is 0 Å². The lowest BCUT2D eigenvalue weighted by Gasteiger charge is -2.06. The van der Waals surface area contributed by atoms with Crippen molar-refractivity contribution < 1.29 is 14.9 Å². The van der Waals surface area contributed by atoms with E-state index < -0.39 is 0 Å². The van der Waals surface area contributed by atoms with E-state index in [-0.39, 0.29) is 13.2 Å². The van der Waals surface area contributed by atoms with E-state index >= 15 is 0 Å². The summed E-state index contributed by atoms with van der Waals surface area (Å²) in [7, 11) is 0. The summed E-state index contributed by atoms with van der Waals surface area (Å²) in [6.07, 6.45) is 19.7. The molecule has 0 saturated carbocycles. The molecule has 0 bridgehead atoms. The number of hydrogen-bond donors (Lipinski definition) is 2. The van der Waals surface area contributed by atoms with Gasteiger partial charge in [-0.15, -0.1) is 0 Å². The van der Waals surface area contributed by atoms with E-state index in [2.05, 4.69) is 6.92 Å². The summed E-state index contributed by atoms with van der Waals surface area (Å²) in [4.78, 5) is 0. The van der Waals surface area contributed by atoms with E-state index in [0.717, 1.165) is 12.4 Å². The van der Waals surface area contributed by atoms with Crippen LogP contribution in [-0.4, -0.2) is 30.0 Å². The van der Waals surface area contributed by atoms with Gasteiger partial charge in [-0.3, -0.25) is 0 Å². The zero-order valence-electron chi connectivity index (χ0n) is 17.7. The predicted octanol–water partition coefficient (Wildman–Crippen LogP) is 6.52. The zero-order valence-corrected chi connectivity index (χ0v) is 17.7. The third kappa shape index (κ3) is 21.1. The Balaban J connectivity index is 0.00000153. The first-order valence-corrected chi connectivity index (χ1v) is 11.2. The Morgan fingerprint density at radius 1 is 0.593 bits per heavy atom. The number of aliphatic hydroxyl groups is 2. The first kappa shape index (κ1) is 25.9. The van der Waals surface area contributed by atoms with Crippen molar-refractivity contribution in [3.63, 3.8) is 0 Å². The molecular weight excluding hydrogens is 336 g/mol. The molecule has 0 radical (unpaired) electrons. The van der Waals surface area contributed by atoms with Gasteiger partial charge in [0, 0.05) is 0 Å². The molecule has 0 fully saturated rings. The van der Waals surface area contributed by atoms with Crippen molar-refractivity contribution in [3.8, 4) is 5.75 Å². The van der Waals surface area contributed by atoms with E-state index in [1.807, 2.05) is 30.3 Å². The average Bonchev–Trinajstić information content (AvgIpc) is 2.72. The molecule has 3 nitrogen and oxygen atoms in total. The number of hydrogen-bond acceptors (Lipinski definition) is 3. The lowest BCUT2D eigenvalue weighted by Crippen LogP contribution is -1.96. The second kappa shape index (κ2) is 23.0. The van der Waals surface area contributed by atoms with E-state index in [0.29, 0.717) is 0 Å². The lowest BCUT2D eigenvalue weighted by molar-refractivity contribution is 0.186. The molecular formula is C24H44O3. The summed E-state index contributed by atoms with van der Waals surface area (Å²) in [6, 6.07) is 10.1. The van der Waals surface area contributed by atoms with Crippen LogP contribution < -0.4 is 4.74 Å². The van der Waals surface area contributed by atoms with Gasteiger partial charge in [-0.1, -0.05) is 109 Å². The Morgan fingerprint density at radius 2 is 1.00 bits per heavy atom. The highest BCUT2D eigenvalue weighted by Gasteiger charge is 1.95. The van der Waals surface area contributed by atoms with Crippen molar-refractivity contribution in [2.24, 2.45) is 0 Å². The van der Waals surface area contributed by atoms with Gasteiger partial charge >= 0.3 is 0 Å². The highest BCUT2D eigenvalue weighted by atomic mass is 16.5. The molecule has 0 saturated heterocycles. The van der Waals surface area contributed by atoms with Crippen molar-refractivity contribution in [3.05, 3.63) is 30.3 Å². The highest BCUT2D eigenvalue weighted by molar-refractivity contribution is 5.20. The maximum Gasteiger partial charge on any atom is 0.119 e. The third-order valence-electron chi connectivity index (χ3n) is 4.61. The SMILES string of the molecule is CCCCCCCCCCCCCCCCOc1ccccc1.OCCO. The molecule has 0 aliphatic heterocycles. The maximum absolute atomic E-state index is 7.62. The Morgan fingerprint density at radius 3 is 1.41 bits per heavy atom. The number of rotatable bonds is 17. The molecule has 1 rings (SSSR count). The number of ether oxygens (including phenoxy) is 1. The number of aliphatic hydroxyl groups excluding tert-OH is 2. The van der Waals surface area contributed by atoms with Crippen LogP contribution >= 0.6 is 0 Å². The lowest BCUT2D eigenvalue weighted by atomic mass is 10.0. The van der Waals surface area contributed by atoms with Gasteiger partial charge in [0.25, 0.3) is 0 Å². The van der Waals surface area contributed by atoms with Gasteiger partial charge in [0.2, 0.25) is 0 Å². The van der Waals surface area contributed by atoms with Crippen molar-refractivity contribution >= 4 is 0 Å². The summed E-state index contributed by atoms with van der Waals surface area (Å²) in [5.74, 6) is 1.00. The first-order valence-electron chi connectivity index (χ1n) is 11.2. The second-order valence-electron chi connectivity index (χ2n) is 7.20. The monoisotopic (exact) mass is 380 g/mol. The minimum Gasteiger partial charge on any atom is -0.494 e. The molecule has 3 heteroatoms. The predicted molar refractivity (Wildman–Crippen MR) is 116 cm³/mol. The Hall–Kier alpha value is -1.06. The van der Waals surface area contributed by atoms with Gasteiger partial charge in [-0.2, -0.15) is 0 Å². The van der Waals surface area contributed by atoms with Crippen LogP contribution in [0, 0.1) is 0 Å². The fourth-order valence-corrected chi connectivity index (χ4v) is 3.00. The van der Waals surface area contributed by atoms with Crippen LogP contribution in [0.3, 0.4) is 0 Å². The van der Waals surface area contributed by atoms with E-state index in [1.165, 1.54) is 89.9 Å². The van der Waals surface area contributed by atoms with Crippen LogP contribution in [0.4, 0.5) is 0 Å². The Bertz CT molecular complexity index is 365. The van der Waals surface area contributed by atoms with Crippen LogP contribution in [0.15, 0.2) is 30.3 Å². The molecule has 158 valence electrons. The third-order valence-corrected chi connectivity index (χ3v) is 4.61. The largest absolute Gasteiger partial charge is 0.494 e. The summed E-state index contributed by atoms with van der Waals surface area (Å²) in [5, 5.41) is 15.2. The van der Waals surface area contributed by atoms with Crippen molar-refractivity contribution in [1.82, 2.24) is 0 Å². The summed E-state index contributed by atoms with van der Waals surface area (Å²) < 4.78 is 5.71. The minimum atomic E-state index is -0.125. The summed E-state index contributed by atoms with van der Waals surface area (Å²) >= 11 is 0. The Labute approximate surface area is 168 Å². The van der Waals surface area contributed by atoms with Crippen LogP contribution in [0.25, 0.3) is 0 Å². The number of benzene rings is 1. The molecule has 0 unspecified atom stereocenters. The molecule has 2 N–H and O–H groups in total. The van der Waals surface area contributed by atoms with Gasteiger partial charge in [-0.25, -0.2) is 0 Å². The van der Waals surface area contributed by atoms with Crippen molar-refractivity contribution in [1.29, 1.82) is 0 Å². The fourth-order valence-electron chi connectivity index (χ4n) is 3.00. The quantitative estimate of drug-likeness (QED) is 0.303. The normalized spacial score (nSPS) is 10.3. The molecule has 0 heterocycles. The smallest absolute Gasteiger partial charge is 0.119 e. The topological polar surface area (TPSA) is 49.7 Å². The van der Waals surface area contributed by atoms with Crippen molar-refractivity contribution in [2.45, 2.75) is 96.8 Å².